The minimum absolute atomic E-state index is 0.140. The van der Waals surface area contributed by atoms with Crippen molar-refractivity contribution in [1.29, 1.82) is 0 Å². The smallest absolute Gasteiger partial charge is 0.410 e. The van der Waals surface area contributed by atoms with Crippen molar-refractivity contribution in [1.82, 2.24) is 9.88 Å². The lowest BCUT2D eigenvalue weighted by atomic mass is 10.2. The average molecular weight is 588 g/mol. The summed E-state index contributed by atoms with van der Waals surface area (Å²) >= 11 is 1.32. The third kappa shape index (κ3) is 7.72. The van der Waals surface area contributed by atoms with Gasteiger partial charge in [-0.3, -0.25) is 10.1 Å². The van der Waals surface area contributed by atoms with E-state index in [0.717, 1.165) is 16.8 Å². The van der Waals surface area contributed by atoms with Crippen LogP contribution in [-0.2, 0) is 27.5 Å². The molecular weight excluding hydrogens is 554 g/mol. The third-order valence-corrected chi connectivity index (χ3v) is 7.73. The molecule has 2 aromatic carbocycles. The molecule has 0 aliphatic carbocycles. The number of rotatable bonds is 7. The van der Waals surface area contributed by atoms with Crippen LogP contribution in [0.4, 0.5) is 9.93 Å². The highest BCUT2D eigenvalue weighted by atomic mass is 32.2. The number of nitrogens with one attached hydrogen (secondary N) is 1. The van der Waals surface area contributed by atoms with Crippen LogP contribution in [0.25, 0.3) is 0 Å². The third-order valence-electron chi connectivity index (χ3n) is 5.60. The van der Waals surface area contributed by atoms with Crippen molar-refractivity contribution in [2.24, 2.45) is 0 Å². The van der Waals surface area contributed by atoms with Gasteiger partial charge in [-0.25, -0.2) is 18.2 Å². The number of aromatic nitrogens is 1. The fraction of sp³-hybridized carbons (Fsp3) is 0.393. The van der Waals surface area contributed by atoms with E-state index in [1.807, 2.05) is 34.6 Å². The number of nitrogens with zero attached hydrogens (tertiary/aromatic N) is 2. The van der Waals surface area contributed by atoms with Gasteiger partial charge in [0.25, 0.3) is 5.91 Å². The Balaban J connectivity index is 1.51. The van der Waals surface area contributed by atoms with E-state index in [2.05, 4.69) is 10.3 Å². The van der Waals surface area contributed by atoms with Gasteiger partial charge in [0.1, 0.15) is 22.8 Å². The minimum atomic E-state index is -3.34. The molecule has 1 aliphatic rings. The van der Waals surface area contributed by atoms with Crippen molar-refractivity contribution < 1.29 is 32.2 Å². The van der Waals surface area contributed by atoms with Crippen LogP contribution in [0.15, 0.2) is 47.4 Å². The Labute approximate surface area is 238 Å². The largest absolute Gasteiger partial charge is 0.491 e. The molecule has 0 unspecified atom stereocenters. The van der Waals surface area contributed by atoms with Gasteiger partial charge in [0.05, 0.1) is 23.2 Å². The van der Waals surface area contributed by atoms with Gasteiger partial charge in [-0.05, 0) is 71.0 Å². The quantitative estimate of drug-likeness (QED) is 0.375. The summed E-state index contributed by atoms with van der Waals surface area (Å²) in [5, 5.41) is 3.28. The number of amides is 2. The Morgan fingerprint density at radius 1 is 1.05 bits per heavy atom. The number of benzene rings is 2. The Hall–Kier alpha value is -3.64. The molecule has 0 radical (unpaired) electrons. The number of fused-ring (bicyclic) bond motifs is 1. The molecule has 40 heavy (non-hydrogen) atoms. The molecule has 0 saturated carbocycles. The molecule has 10 nitrogen and oxygen atoms in total. The molecule has 1 N–H and O–H groups in total. The molecule has 3 aromatic rings. The van der Waals surface area contributed by atoms with Crippen LogP contribution >= 0.6 is 11.3 Å². The number of thiazole rings is 1. The van der Waals surface area contributed by atoms with Gasteiger partial charge in [0.15, 0.2) is 15.0 Å². The van der Waals surface area contributed by atoms with Gasteiger partial charge < -0.3 is 19.1 Å². The minimum Gasteiger partial charge on any atom is -0.491 e. The summed E-state index contributed by atoms with van der Waals surface area (Å²) in [5.41, 5.74) is 0.559. The zero-order chi connectivity index (χ0) is 29.2. The number of anilines is 1. The molecule has 0 saturated heterocycles. The highest BCUT2D eigenvalue weighted by molar-refractivity contribution is 7.90. The predicted octanol–water partition coefficient (Wildman–Crippen LogP) is 5.67. The average Bonchev–Trinajstić information content (AvgIpc) is 3.23. The Morgan fingerprint density at radius 3 is 2.35 bits per heavy atom. The lowest BCUT2D eigenvalue weighted by Gasteiger charge is -2.29. The van der Waals surface area contributed by atoms with E-state index in [1.54, 1.807) is 35.2 Å². The van der Waals surface area contributed by atoms with Gasteiger partial charge in [-0.2, -0.15) is 0 Å². The fourth-order valence-electron chi connectivity index (χ4n) is 3.89. The number of carbonyl (C=O) groups is 2. The fourth-order valence-corrected chi connectivity index (χ4v) is 5.54. The number of hydrogen-bond acceptors (Lipinski definition) is 9. The lowest BCUT2D eigenvalue weighted by Crippen LogP contribution is -2.39. The number of carbonyl (C=O) groups excluding carboxylic acids is 2. The second-order valence-electron chi connectivity index (χ2n) is 10.7. The first kappa shape index (κ1) is 29.3. The maximum absolute atomic E-state index is 13.2. The van der Waals surface area contributed by atoms with Gasteiger partial charge in [0, 0.05) is 35.7 Å². The van der Waals surface area contributed by atoms with Crippen molar-refractivity contribution in [3.05, 3.63) is 58.6 Å². The molecule has 1 aromatic heterocycles. The van der Waals surface area contributed by atoms with Crippen molar-refractivity contribution in [2.75, 3.05) is 18.1 Å². The van der Waals surface area contributed by atoms with Gasteiger partial charge in [-0.15, -0.1) is 0 Å². The maximum atomic E-state index is 13.2. The topological polar surface area (TPSA) is 124 Å². The van der Waals surface area contributed by atoms with Crippen LogP contribution in [0, 0.1) is 0 Å². The van der Waals surface area contributed by atoms with E-state index in [4.69, 9.17) is 14.2 Å². The van der Waals surface area contributed by atoms with Gasteiger partial charge in [0.2, 0.25) is 0 Å². The van der Waals surface area contributed by atoms with Crippen LogP contribution < -0.4 is 14.8 Å². The molecule has 4 rings (SSSR count). The van der Waals surface area contributed by atoms with Crippen LogP contribution in [0.1, 0.15) is 55.5 Å². The standard InChI is InChI=1S/C28H33N3O7S2/c1-17(2)36-20-13-18(14-21(15-20)37-19-7-9-22(10-8-19)40(6,34)35)25(32)30-26-29-23-11-12-31(16-24(23)39-26)27(33)38-28(3,4)5/h7-10,13-15,17H,11-12,16H2,1-6H3,(H,29,30,32). The van der Waals surface area contributed by atoms with Crippen LogP contribution in [0.3, 0.4) is 0 Å². The number of sulfone groups is 1. The van der Waals surface area contributed by atoms with Crippen molar-refractivity contribution in [3.8, 4) is 17.2 Å². The normalized spacial score (nSPS) is 13.5. The second kappa shape index (κ2) is 11.5. The van der Waals surface area contributed by atoms with Crippen LogP contribution in [-0.4, -0.2) is 54.8 Å². The first-order valence-corrected chi connectivity index (χ1v) is 15.4. The molecule has 12 heteroatoms. The summed E-state index contributed by atoms with van der Waals surface area (Å²) in [6.45, 7) is 10.1. The Kier molecular flexibility index (Phi) is 8.41. The predicted molar refractivity (Wildman–Crippen MR) is 152 cm³/mol. The summed E-state index contributed by atoms with van der Waals surface area (Å²) in [6, 6.07) is 10.9. The van der Waals surface area contributed by atoms with E-state index >= 15 is 0 Å². The van der Waals surface area contributed by atoms with E-state index in [9.17, 15) is 18.0 Å². The summed E-state index contributed by atoms with van der Waals surface area (Å²) in [4.78, 5) is 33.0. The number of ether oxygens (including phenoxy) is 3. The highest BCUT2D eigenvalue weighted by Crippen LogP contribution is 2.32. The summed E-state index contributed by atoms with van der Waals surface area (Å²) in [7, 11) is -3.34. The Bertz CT molecular complexity index is 1510. The van der Waals surface area contributed by atoms with Crippen LogP contribution in [0.2, 0.25) is 0 Å². The first-order valence-electron chi connectivity index (χ1n) is 12.7. The molecule has 2 amide bonds. The molecule has 0 atom stereocenters. The monoisotopic (exact) mass is 587 g/mol. The molecule has 0 spiro atoms. The van der Waals surface area contributed by atoms with E-state index in [1.165, 1.54) is 23.5 Å². The van der Waals surface area contributed by atoms with Crippen molar-refractivity contribution in [3.63, 3.8) is 0 Å². The summed E-state index contributed by atoms with van der Waals surface area (Å²) in [6.07, 6.45) is 1.18. The van der Waals surface area contributed by atoms with E-state index in [0.29, 0.717) is 47.5 Å². The van der Waals surface area contributed by atoms with Gasteiger partial charge in [-0.1, -0.05) is 11.3 Å². The van der Waals surface area contributed by atoms with E-state index in [-0.39, 0.29) is 17.1 Å². The molecule has 214 valence electrons. The summed E-state index contributed by atoms with van der Waals surface area (Å²) < 4.78 is 40.7. The number of hydrogen-bond donors (Lipinski definition) is 1. The van der Waals surface area contributed by atoms with Crippen LogP contribution in [0.5, 0.6) is 17.2 Å². The summed E-state index contributed by atoms with van der Waals surface area (Å²) in [5.74, 6) is 0.794. The lowest BCUT2D eigenvalue weighted by molar-refractivity contribution is 0.0225. The highest BCUT2D eigenvalue weighted by Gasteiger charge is 2.28. The molecule has 0 fully saturated rings. The van der Waals surface area contributed by atoms with Crippen molar-refractivity contribution in [2.45, 2.75) is 64.2 Å². The van der Waals surface area contributed by atoms with Crippen molar-refractivity contribution >= 4 is 38.3 Å². The van der Waals surface area contributed by atoms with E-state index < -0.39 is 21.3 Å². The zero-order valence-corrected chi connectivity index (χ0v) is 24.9. The SMILES string of the molecule is CC(C)Oc1cc(Oc2ccc(S(C)(=O)=O)cc2)cc(C(=O)Nc2nc3c(s2)CN(C(=O)OC(C)(C)C)CC3)c1. The molecular formula is C28H33N3O7S2. The second-order valence-corrected chi connectivity index (χ2v) is 13.8. The zero-order valence-electron chi connectivity index (χ0n) is 23.3. The molecule has 1 aliphatic heterocycles. The Morgan fingerprint density at radius 2 is 1.73 bits per heavy atom. The molecule has 0 bridgehead atoms. The van der Waals surface area contributed by atoms with Gasteiger partial charge >= 0.3 is 6.09 Å². The maximum Gasteiger partial charge on any atom is 0.410 e. The molecule has 2 heterocycles. The first-order chi connectivity index (χ1) is 18.7.